The molecule has 113 heavy (non-hydrogen) atoms. The van der Waals surface area contributed by atoms with Gasteiger partial charge in [-0.05, 0) is 152 Å². The van der Waals surface area contributed by atoms with Gasteiger partial charge in [-0.15, -0.1) is 0 Å². The van der Waals surface area contributed by atoms with Crippen LogP contribution in [0.1, 0.15) is 44.5 Å². The number of benzene rings is 12. The van der Waals surface area contributed by atoms with E-state index in [9.17, 15) is 0 Å². The second-order valence-corrected chi connectivity index (χ2v) is 26.9. The minimum Gasteiger partial charge on any atom is -0.450 e. The van der Waals surface area contributed by atoms with Gasteiger partial charge in [0, 0.05) is 44.1 Å². The summed E-state index contributed by atoms with van der Waals surface area (Å²) in [5.74, 6) is -22.8. The molecule has 25 heteroatoms. The molecular formula is C88H56F8N8O8Zn. The molecule has 12 aromatic carbocycles. The molecule has 16 nitrogen and oxygen atoms in total. The van der Waals surface area contributed by atoms with Crippen molar-refractivity contribution in [3.8, 4) is 138 Å². The van der Waals surface area contributed by atoms with E-state index in [0.29, 0.717) is 0 Å². The molecule has 0 amide bonds. The number of rotatable bonds is 16. The van der Waals surface area contributed by atoms with Crippen molar-refractivity contribution in [3.05, 3.63) is 285 Å². The Morgan fingerprint density at radius 1 is 0.195 bits per heavy atom. The summed E-state index contributed by atoms with van der Waals surface area (Å²) in [4.78, 5) is 37.3. The molecule has 2 aliphatic rings. The summed E-state index contributed by atoms with van der Waals surface area (Å²) in [6, 6.07) is 49.9. The molecule has 0 radical (unpaired) electrons. The van der Waals surface area contributed by atoms with Gasteiger partial charge in [-0.1, -0.05) is 142 Å². The van der Waals surface area contributed by atoms with E-state index in [1.165, 1.54) is 97.1 Å². The first-order chi connectivity index (χ1) is 54.0. The average molecular weight is 1570 g/mol. The molecule has 3 aromatic heterocycles. The first-order valence-electron chi connectivity index (χ1n) is 34.9. The van der Waals surface area contributed by atoms with Gasteiger partial charge in [-0.3, -0.25) is 0 Å². The van der Waals surface area contributed by atoms with E-state index >= 15 is 35.1 Å². The van der Waals surface area contributed by atoms with Gasteiger partial charge in [0.25, 0.3) is 0 Å². The quantitative estimate of drug-likeness (QED) is 0.0658. The molecule has 0 saturated carbocycles. The Morgan fingerprint density at radius 2 is 0.327 bits per heavy atom. The number of aryl methyl sites for hydroxylation is 8. The number of halogens is 8. The zero-order valence-electron chi connectivity index (χ0n) is 61.0. The van der Waals surface area contributed by atoms with Crippen molar-refractivity contribution in [1.82, 2.24) is 39.9 Å². The molecule has 0 saturated heterocycles. The van der Waals surface area contributed by atoms with E-state index in [1.54, 1.807) is 152 Å². The molecule has 8 bridgehead atoms. The van der Waals surface area contributed by atoms with E-state index < -0.39 is 182 Å². The van der Waals surface area contributed by atoms with Crippen LogP contribution in [-0.4, -0.2) is 29.9 Å². The summed E-state index contributed by atoms with van der Waals surface area (Å²) in [7, 11) is 0. The second-order valence-electron chi connectivity index (χ2n) is 26.9. The maximum absolute atomic E-state index is 19.0. The molecule has 17 rings (SSSR count). The van der Waals surface area contributed by atoms with Crippen molar-refractivity contribution in [1.29, 1.82) is 0 Å². The number of hydrogen-bond acceptors (Lipinski definition) is 14. The van der Waals surface area contributed by atoms with Crippen LogP contribution < -0.4 is 47.9 Å². The second kappa shape index (κ2) is 29.4. The maximum Gasteiger partial charge on any atom is 2.00 e. The molecular weight excluding hydrogens is 1510 g/mol. The normalized spacial score (nSPS) is 11.5. The summed E-state index contributed by atoms with van der Waals surface area (Å²) in [5.41, 5.74) is -1.12. The van der Waals surface area contributed by atoms with E-state index in [1.807, 2.05) is 0 Å². The van der Waals surface area contributed by atoms with Crippen molar-refractivity contribution in [2.45, 2.75) is 55.4 Å². The summed E-state index contributed by atoms with van der Waals surface area (Å²) in [5, 5.41) is -3.59. The molecule has 15 aromatic rings. The average Bonchev–Trinajstić information content (AvgIpc) is 1.54. The van der Waals surface area contributed by atoms with E-state index in [-0.39, 0.29) is 65.5 Å². The number of nitrogens with zero attached hydrogens (tertiary/aromatic N) is 8. The van der Waals surface area contributed by atoms with Gasteiger partial charge in [0.15, 0.2) is 46.5 Å². The Bertz CT molecular complexity index is 5760. The third-order valence-corrected chi connectivity index (χ3v) is 18.6. The van der Waals surface area contributed by atoms with Crippen LogP contribution in [0.15, 0.2) is 194 Å². The fourth-order valence-corrected chi connectivity index (χ4v) is 12.7. The van der Waals surface area contributed by atoms with Gasteiger partial charge in [-0.25, -0.2) is 45.1 Å². The van der Waals surface area contributed by atoms with Gasteiger partial charge in [0.2, 0.25) is 46.0 Å². The fraction of sp³-hybridized carbons (Fsp3) is 0.0909. The molecule has 0 aliphatic carbocycles. The Morgan fingerprint density at radius 3 is 0.469 bits per heavy atom. The summed E-state index contributed by atoms with van der Waals surface area (Å²) >= 11 is 0. The zero-order valence-corrected chi connectivity index (χ0v) is 64.0. The standard InChI is InChI=1S/C88H56F8N8O8.Zn/c1-41-9-25-49(26-10-41)105-73-65(89)57-58(66(90)74(73)106-50-27-11-42(2)12-28-50)82-97-81(57)101-83-59-60(68(92)76(108-52-31-15-44(4)16-32-52)75(67(59)91)107-51-29-13-43(3)14-30-51)85(98-83)103-87-63-64(72(96)80(112-56-39-23-48(8)24-40-56)79(71(63)95)111-55-37-21-47(7)22-38-55)88(100-87)104-86-62-61(84(99-86)102-82)69(93)77(109-53-33-17-45(5)18-34-53)78(70(62)94)110-54-35-19-46(6)20-36-54;/h9-40H,1-8H3;/q-2;+2. The van der Waals surface area contributed by atoms with Crippen LogP contribution in [0.4, 0.5) is 35.1 Å². The Kier molecular flexibility index (Phi) is 19.1. The SMILES string of the molecule is Cc1ccc(Oc2c(F)c3c(c(F)c2Oc2ccc(C)cc2)-c2nc-3nc3[n-]c(nc4nc(nc5[n-]c(n2)c2c(F)c(Oc6ccc(C)cc6)c(Oc6ccc(C)cc6)c(F)c52)-c2c(F)c(Oc5ccc(C)cc5)c(Oc5ccc(C)cc5)c(F)c2-4)c2c(F)c(Oc4ccc(C)cc4)c(Oc4ccc(C)cc4)c(F)c32)cc1.[Zn+2]. The molecule has 0 spiro atoms. The van der Waals surface area contributed by atoms with Crippen LogP contribution >= 0.6 is 0 Å². The smallest absolute Gasteiger partial charge is 0.450 e. The van der Waals surface area contributed by atoms with E-state index in [0.717, 1.165) is 44.5 Å². The first kappa shape index (κ1) is 73.6. The maximum atomic E-state index is 19.0. The zero-order chi connectivity index (χ0) is 77.7. The van der Waals surface area contributed by atoms with Crippen LogP contribution in [0.25, 0.3) is 89.7 Å². The monoisotopic (exact) mass is 1570 g/mol. The van der Waals surface area contributed by atoms with Crippen LogP contribution in [-0.2, 0) is 19.5 Å². The molecule has 0 N–H and O–H groups in total. The Labute approximate surface area is 651 Å². The van der Waals surface area contributed by atoms with Crippen molar-refractivity contribution in [3.63, 3.8) is 0 Å². The van der Waals surface area contributed by atoms with Crippen LogP contribution in [0, 0.1) is 102 Å². The van der Waals surface area contributed by atoms with Crippen molar-refractivity contribution < 1.29 is 92.5 Å². The van der Waals surface area contributed by atoms with Crippen molar-refractivity contribution in [2.75, 3.05) is 0 Å². The predicted octanol–water partition coefficient (Wildman–Crippen LogP) is 24.0. The van der Waals surface area contributed by atoms with Crippen LogP contribution in [0.3, 0.4) is 0 Å². The van der Waals surface area contributed by atoms with Gasteiger partial charge < -0.3 is 67.8 Å². The molecule has 554 valence electrons. The van der Waals surface area contributed by atoms with Crippen LogP contribution in [0.2, 0.25) is 0 Å². The summed E-state index contributed by atoms with van der Waals surface area (Å²) in [6.07, 6.45) is 0. The molecule has 5 heterocycles. The summed E-state index contributed by atoms with van der Waals surface area (Å²) in [6.45, 7) is 14.3. The first-order valence-corrected chi connectivity index (χ1v) is 34.9. The Balaban J connectivity index is 0.00000964. The third-order valence-electron chi connectivity index (χ3n) is 18.6. The van der Waals surface area contributed by atoms with E-state index in [4.69, 9.17) is 37.9 Å². The summed E-state index contributed by atoms with van der Waals surface area (Å²) < 4.78 is 202. The predicted molar refractivity (Wildman–Crippen MR) is 404 cm³/mol. The third kappa shape index (κ3) is 13.7. The van der Waals surface area contributed by atoms with Gasteiger partial charge >= 0.3 is 19.5 Å². The molecule has 0 unspecified atom stereocenters. The van der Waals surface area contributed by atoms with Gasteiger partial charge in [-0.2, -0.15) is 0 Å². The van der Waals surface area contributed by atoms with E-state index in [2.05, 4.69) is 39.9 Å². The van der Waals surface area contributed by atoms with Gasteiger partial charge in [0.1, 0.15) is 46.0 Å². The topological polar surface area (TPSA) is 179 Å². The molecule has 0 atom stereocenters. The largest absolute Gasteiger partial charge is 2.00 e. The number of ether oxygens (including phenoxy) is 8. The number of hydrogen-bond donors (Lipinski definition) is 0. The number of aromatic nitrogens is 8. The fourth-order valence-electron chi connectivity index (χ4n) is 12.7. The Hall–Kier alpha value is -13.5. The van der Waals surface area contributed by atoms with Crippen molar-refractivity contribution in [2.24, 2.45) is 0 Å². The number of fused-ring (bicyclic) bond motifs is 20. The minimum absolute atomic E-state index is 0. The van der Waals surface area contributed by atoms with Crippen molar-refractivity contribution >= 4 is 44.1 Å². The minimum atomic E-state index is -1.46. The van der Waals surface area contributed by atoms with Gasteiger partial charge in [0.05, 0.1) is 45.6 Å². The molecule has 2 aliphatic heterocycles. The van der Waals surface area contributed by atoms with Crippen LogP contribution in [0.5, 0.6) is 92.0 Å². The molecule has 0 fully saturated rings.